The van der Waals surface area contributed by atoms with Gasteiger partial charge in [-0.1, -0.05) is 0 Å². The minimum absolute atomic E-state index is 0.0391. The van der Waals surface area contributed by atoms with Crippen LogP contribution in [0.3, 0.4) is 0 Å². The first-order chi connectivity index (χ1) is 13.9. The predicted octanol–water partition coefficient (Wildman–Crippen LogP) is 2.29. The number of fused-ring (bicyclic) bond motifs is 2. The second-order valence-electron chi connectivity index (χ2n) is 7.40. The van der Waals surface area contributed by atoms with Crippen molar-refractivity contribution in [3.63, 3.8) is 0 Å². The van der Waals surface area contributed by atoms with Crippen LogP contribution in [0.4, 0.5) is 5.69 Å². The van der Waals surface area contributed by atoms with Gasteiger partial charge in [-0.25, -0.2) is 12.4 Å². The Morgan fingerprint density at radius 2 is 2.14 bits per heavy atom. The number of aromatic nitrogens is 1. The van der Waals surface area contributed by atoms with Gasteiger partial charge in [0.15, 0.2) is 0 Å². The van der Waals surface area contributed by atoms with Crippen molar-refractivity contribution < 1.29 is 22.7 Å². The van der Waals surface area contributed by atoms with Gasteiger partial charge in [-0.05, 0) is 62.4 Å². The molecule has 29 heavy (non-hydrogen) atoms. The second kappa shape index (κ2) is 7.64. The third-order valence-electron chi connectivity index (χ3n) is 5.21. The number of aryl methyl sites for hydroxylation is 1. The summed E-state index contributed by atoms with van der Waals surface area (Å²) in [5, 5.41) is 5.45. The number of benzene rings is 1. The highest BCUT2D eigenvalue weighted by atomic mass is 32.2. The van der Waals surface area contributed by atoms with E-state index in [1.54, 1.807) is 6.92 Å². The maximum atomic E-state index is 13.0. The van der Waals surface area contributed by atoms with Crippen LogP contribution in [-0.4, -0.2) is 43.5 Å². The van der Waals surface area contributed by atoms with Crippen molar-refractivity contribution in [2.45, 2.75) is 43.6 Å². The molecule has 3 heterocycles. The molecule has 2 N–H and O–H groups in total. The zero-order valence-electron chi connectivity index (χ0n) is 16.1. The Bertz CT molecular complexity index is 1070. The van der Waals surface area contributed by atoms with Crippen LogP contribution >= 0.6 is 0 Å². The first-order valence-electron chi connectivity index (χ1n) is 9.66. The average molecular weight is 417 g/mol. The molecule has 2 amide bonds. The van der Waals surface area contributed by atoms with Crippen LogP contribution in [-0.2, 0) is 14.8 Å². The highest BCUT2D eigenvalue weighted by Gasteiger charge is 2.31. The third-order valence-corrected chi connectivity index (χ3v) is 6.94. The van der Waals surface area contributed by atoms with Gasteiger partial charge in [0.05, 0.1) is 11.8 Å². The highest BCUT2D eigenvalue weighted by Crippen LogP contribution is 2.30. The molecule has 0 radical (unpaired) electrons. The number of rotatable bonds is 4. The molecule has 8 nitrogen and oxygen atoms in total. The monoisotopic (exact) mass is 417 g/mol. The van der Waals surface area contributed by atoms with E-state index in [-0.39, 0.29) is 33.9 Å². The lowest BCUT2D eigenvalue weighted by molar-refractivity contribution is 0.0117. The number of nitrogens with one attached hydrogen (secondary N) is 2. The zero-order chi connectivity index (χ0) is 20.6. The van der Waals surface area contributed by atoms with Crippen molar-refractivity contribution >= 4 is 27.5 Å². The van der Waals surface area contributed by atoms with E-state index < -0.39 is 15.9 Å². The van der Waals surface area contributed by atoms with Crippen LogP contribution in [0.2, 0.25) is 0 Å². The largest absolute Gasteiger partial charge is 0.378 e. The van der Waals surface area contributed by atoms with Crippen molar-refractivity contribution in [3.8, 4) is 0 Å². The molecule has 2 aliphatic heterocycles. The summed E-state index contributed by atoms with van der Waals surface area (Å²) in [6.45, 7) is 2.95. The first-order valence-corrected chi connectivity index (χ1v) is 11.1. The number of anilines is 1. The zero-order valence-corrected chi connectivity index (χ0v) is 16.9. The van der Waals surface area contributed by atoms with Crippen molar-refractivity contribution in [1.82, 2.24) is 9.29 Å². The minimum Gasteiger partial charge on any atom is -0.378 e. The van der Waals surface area contributed by atoms with Crippen LogP contribution in [0.15, 0.2) is 35.4 Å². The lowest BCUT2D eigenvalue weighted by atomic mass is 10.1. The predicted molar refractivity (Wildman–Crippen MR) is 107 cm³/mol. The minimum atomic E-state index is -3.94. The Morgan fingerprint density at radius 1 is 1.31 bits per heavy atom. The highest BCUT2D eigenvalue weighted by molar-refractivity contribution is 7.90. The molecule has 0 bridgehead atoms. The van der Waals surface area contributed by atoms with Gasteiger partial charge in [-0.3, -0.25) is 9.59 Å². The van der Waals surface area contributed by atoms with Gasteiger partial charge in [-0.15, -0.1) is 0 Å². The number of amides is 2. The number of ether oxygens (including phenoxy) is 1. The number of carbonyl (C=O) groups excluding carboxylic acids is 2. The van der Waals surface area contributed by atoms with Crippen molar-refractivity contribution in [1.29, 1.82) is 0 Å². The van der Waals surface area contributed by atoms with E-state index in [2.05, 4.69) is 10.6 Å². The van der Waals surface area contributed by atoms with E-state index in [0.29, 0.717) is 12.1 Å². The summed E-state index contributed by atoms with van der Waals surface area (Å²) in [5.74, 6) is -0.859. The topological polar surface area (TPSA) is 106 Å². The Morgan fingerprint density at radius 3 is 2.90 bits per heavy atom. The van der Waals surface area contributed by atoms with Crippen LogP contribution in [0.5, 0.6) is 0 Å². The van der Waals surface area contributed by atoms with E-state index in [1.165, 1.54) is 30.5 Å². The fraction of sp³-hybridized carbons (Fsp3) is 0.400. The third kappa shape index (κ3) is 3.79. The van der Waals surface area contributed by atoms with E-state index >= 15 is 0 Å². The Labute approximate surface area is 169 Å². The second-order valence-corrected chi connectivity index (χ2v) is 9.19. The molecular weight excluding hydrogens is 394 g/mol. The summed E-state index contributed by atoms with van der Waals surface area (Å²) in [5.41, 5.74) is 1.09. The molecule has 1 aromatic heterocycles. The Hall–Kier alpha value is -2.65. The standard InChI is InChI=1S/C20H23N3O5S/c1-13-10-17-20(25)22-16-11-14(5-6-18(16)29(26,27)23(17)12-13)19(24)21-8-7-15-4-2-3-9-28-15/h5-6,10-12,15H,2-4,7-9H2,1H3,(H,21,24)(H,22,25)/t15-/m1/s1. The molecule has 1 aromatic carbocycles. The molecule has 1 fully saturated rings. The van der Waals surface area contributed by atoms with E-state index in [1.807, 2.05) is 0 Å². The lowest BCUT2D eigenvalue weighted by Gasteiger charge is -2.22. The van der Waals surface area contributed by atoms with Crippen molar-refractivity contribution in [2.75, 3.05) is 18.5 Å². The van der Waals surface area contributed by atoms with Gasteiger partial charge < -0.3 is 15.4 Å². The summed E-state index contributed by atoms with van der Waals surface area (Å²) in [6.07, 6.45) is 5.53. The molecule has 1 atom stereocenters. The van der Waals surface area contributed by atoms with E-state index in [4.69, 9.17) is 4.74 Å². The molecule has 2 aromatic rings. The van der Waals surface area contributed by atoms with Gasteiger partial charge in [0, 0.05) is 24.9 Å². The van der Waals surface area contributed by atoms with Gasteiger partial charge in [-0.2, -0.15) is 0 Å². The Balaban J connectivity index is 1.53. The molecule has 0 saturated carbocycles. The molecule has 4 rings (SSSR count). The molecule has 154 valence electrons. The van der Waals surface area contributed by atoms with E-state index in [0.717, 1.165) is 36.3 Å². The average Bonchev–Trinajstić information content (AvgIpc) is 3.08. The van der Waals surface area contributed by atoms with E-state index in [9.17, 15) is 18.0 Å². The quantitative estimate of drug-likeness (QED) is 0.794. The van der Waals surface area contributed by atoms with Crippen LogP contribution < -0.4 is 10.6 Å². The van der Waals surface area contributed by atoms with Crippen LogP contribution in [0, 0.1) is 6.92 Å². The van der Waals surface area contributed by atoms with Crippen LogP contribution in [0.1, 0.15) is 52.1 Å². The van der Waals surface area contributed by atoms with Crippen LogP contribution in [0.25, 0.3) is 0 Å². The molecular formula is C20H23N3O5S. The normalized spacial score (nSPS) is 20.2. The molecule has 1 saturated heterocycles. The van der Waals surface area contributed by atoms with Crippen molar-refractivity contribution in [3.05, 3.63) is 47.3 Å². The molecule has 0 spiro atoms. The number of carbonyl (C=O) groups is 2. The fourth-order valence-electron chi connectivity index (χ4n) is 3.71. The van der Waals surface area contributed by atoms with Gasteiger partial charge in [0.1, 0.15) is 10.6 Å². The summed E-state index contributed by atoms with van der Waals surface area (Å²) >= 11 is 0. The number of nitrogens with zero attached hydrogens (tertiary/aromatic N) is 1. The molecule has 0 unspecified atom stereocenters. The molecule has 9 heteroatoms. The van der Waals surface area contributed by atoms with Crippen molar-refractivity contribution in [2.24, 2.45) is 0 Å². The van der Waals surface area contributed by atoms with Gasteiger partial charge in [0.2, 0.25) is 0 Å². The van der Waals surface area contributed by atoms with Gasteiger partial charge >= 0.3 is 0 Å². The maximum absolute atomic E-state index is 13.0. The SMILES string of the molecule is Cc1cc2n(c1)S(=O)(=O)c1ccc(C(=O)NCC[C@H]3CCCCO3)cc1NC2=O. The number of hydrogen-bond donors (Lipinski definition) is 2. The maximum Gasteiger partial charge on any atom is 0.273 e. The number of hydrogen-bond acceptors (Lipinski definition) is 5. The van der Waals surface area contributed by atoms with Gasteiger partial charge in [0.25, 0.3) is 21.8 Å². The summed E-state index contributed by atoms with van der Waals surface area (Å²) in [4.78, 5) is 24.9. The Kier molecular flexibility index (Phi) is 5.18. The summed E-state index contributed by atoms with van der Waals surface area (Å²) < 4.78 is 32.5. The smallest absolute Gasteiger partial charge is 0.273 e. The molecule has 0 aliphatic carbocycles. The fourth-order valence-corrected chi connectivity index (χ4v) is 5.24. The molecule has 2 aliphatic rings. The lowest BCUT2D eigenvalue weighted by Crippen LogP contribution is -2.29. The first kappa shape index (κ1) is 19.7. The summed E-state index contributed by atoms with van der Waals surface area (Å²) in [7, 11) is -3.94. The summed E-state index contributed by atoms with van der Waals surface area (Å²) in [6, 6.07) is 5.72.